The van der Waals surface area contributed by atoms with Gasteiger partial charge in [-0.1, -0.05) is 6.07 Å². The van der Waals surface area contributed by atoms with Crippen molar-refractivity contribution < 1.29 is 0 Å². The Kier molecular flexibility index (Phi) is 7.67. The first-order valence-electron chi connectivity index (χ1n) is 9.85. The Morgan fingerprint density at radius 3 is 2.81 bits per heavy atom. The van der Waals surface area contributed by atoms with E-state index in [0.717, 1.165) is 43.7 Å². The minimum atomic E-state index is 0.284. The van der Waals surface area contributed by atoms with Crippen molar-refractivity contribution in [2.75, 3.05) is 26.2 Å². The van der Waals surface area contributed by atoms with Crippen LogP contribution in [0.25, 0.3) is 0 Å². The molecule has 0 spiro atoms. The van der Waals surface area contributed by atoms with Crippen molar-refractivity contribution in [2.24, 2.45) is 10.9 Å². The molecular weight excluding hydrogens is 374 g/mol. The third-order valence-corrected chi connectivity index (χ3v) is 6.81. The molecule has 0 aliphatic carbocycles. The zero-order chi connectivity index (χ0) is 19.1. The van der Waals surface area contributed by atoms with Gasteiger partial charge < -0.3 is 10.6 Å². The molecule has 5 nitrogen and oxygen atoms in total. The monoisotopic (exact) mass is 405 g/mol. The van der Waals surface area contributed by atoms with Gasteiger partial charge >= 0.3 is 0 Å². The number of hydrogen-bond acceptors (Lipinski definition) is 5. The number of thiazole rings is 1. The Balaban J connectivity index is 1.45. The van der Waals surface area contributed by atoms with Crippen molar-refractivity contribution in [3.05, 3.63) is 38.5 Å². The lowest BCUT2D eigenvalue weighted by molar-refractivity contribution is 0.179. The minimum absolute atomic E-state index is 0.284. The molecule has 148 valence electrons. The molecule has 0 saturated carbocycles. The number of aromatic nitrogens is 1. The predicted octanol–water partition coefficient (Wildman–Crippen LogP) is 4.04. The summed E-state index contributed by atoms with van der Waals surface area (Å²) in [5.74, 6) is 1.60. The van der Waals surface area contributed by atoms with Crippen LogP contribution in [0.5, 0.6) is 0 Å². The Morgan fingerprint density at radius 2 is 2.19 bits per heavy atom. The maximum Gasteiger partial charge on any atom is 0.191 e. The third-order valence-electron chi connectivity index (χ3n) is 4.93. The van der Waals surface area contributed by atoms with Crippen molar-refractivity contribution in [2.45, 2.75) is 46.2 Å². The molecule has 3 heterocycles. The van der Waals surface area contributed by atoms with Crippen molar-refractivity contribution in [1.29, 1.82) is 0 Å². The normalized spacial score (nSPS) is 17.8. The van der Waals surface area contributed by atoms with E-state index in [1.165, 1.54) is 23.4 Å². The summed E-state index contributed by atoms with van der Waals surface area (Å²) in [6, 6.07) is 4.56. The molecule has 0 aromatic carbocycles. The second-order valence-electron chi connectivity index (χ2n) is 7.18. The number of guanidine groups is 1. The van der Waals surface area contributed by atoms with Crippen molar-refractivity contribution in [3.63, 3.8) is 0 Å². The molecular formula is C20H31N5S2. The molecule has 0 radical (unpaired) electrons. The molecule has 0 bridgehead atoms. The van der Waals surface area contributed by atoms with Gasteiger partial charge in [-0.25, -0.2) is 4.98 Å². The second kappa shape index (κ2) is 10.2. The zero-order valence-electron chi connectivity index (χ0n) is 16.6. The van der Waals surface area contributed by atoms with Crippen LogP contribution in [0.2, 0.25) is 0 Å². The maximum absolute atomic E-state index is 4.87. The van der Waals surface area contributed by atoms with Gasteiger partial charge in [-0.3, -0.25) is 9.89 Å². The molecule has 2 N–H and O–H groups in total. The summed E-state index contributed by atoms with van der Waals surface area (Å²) in [5.41, 5.74) is 1.22. The van der Waals surface area contributed by atoms with E-state index in [1.807, 2.05) is 0 Å². The smallest absolute Gasteiger partial charge is 0.191 e. The molecule has 1 atom stereocenters. The lowest BCUT2D eigenvalue weighted by Gasteiger charge is -2.30. The Morgan fingerprint density at radius 1 is 1.37 bits per heavy atom. The highest BCUT2D eigenvalue weighted by molar-refractivity contribution is 7.10. The van der Waals surface area contributed by atoms with E-state index >= 15 is 0 Å². The highest BCUT2D eigenvalue weighted by Gasteiger charge is 2.20. The molecule has 27 heavy (non-hydrogen) atoms. The van der Waals surface area contributed by atoms with Crippen molar-refractivity contribution in [3.8, 4) is 0 Å². The summed E-state index contributed by atoms with van der Waals surface area (Å²) in [5, 5.41) is 12.4. The number of piperidine rings is 1. The van der Waals surface area contributed by atoms with Gasteiger partial charge in [0.05, 0.1) is 16.7 Å². The fraction of sp³-hybridized carbons (Fsp3) is 0.600. The summed E-state index contributed by atoms with van der Waals surface area (Å²) in [7, 11) is 0. The zero-order valence-corrected chi connectivity index (χ0v) is 18.2. The maximum atomic E-state index is 4.87. The lowest BCUT2D eigenvalue weighted by Crippen LogP contribution is -2.39. The number of aliphatic imine (C=N–C) groups is 1. The van der Waals surface area contributed by atoms with Gasteiger partial charge in [0, 0.05) is 29.9 Å². The van der Waals surface area contributed by atoms with Gasteiger partial charge in [0.2, 0.25) is 0 Å². The first kappa shape index (κ1) is 20.3. The number of hydrogen-bond donors (Lipinski definition) is 2. The van der Waals surface area contributed by atoms with E-state index in [4.69, 9.17) is 4.99 Å². The topological polar surface area (TPSA) is 52.6 Å². The highest BCUT2D eigenvalue weighted by atomic mass is 32.1. The molecule has 3 rings (SSSR count). The average Bonchev–Trinajstić information content (AvgIpc) is 3.33. The molecule has 1 fully saturated rings. The second-order valence-corrected chi connectivity index (χ2v) is 9.22. The van der Waals surface area contributed by atoms with Crippen LogP contribution in [0.1, 0.15) is 48.3 Å². The number of likely N-dealkylation sites (tertiary alicyclic amines) is 1. The van der Waals surface area contributed by atoms with Gasteiger partial charge in [0.25, 0.3) is 0 Å². The Hall–Kier alpha value is -1.44. The predicted molar refractivity (Wildman–Crippen MR) is 117 cm³/mol. The van der Waals surface area contributed by atoms with Crippen LogP contribution in [0.4, 0.5) is 0 Å². The van der Waals surface area contributed by atoms with Crippen LogP contribution < -0.4 is 10.6 Å². The fourth-order valence-electron chi connectivity index (χ4n) is 3.39. The molecule has 1 aliphatic rings. The van der Waals surface area contributed by atoms with Crippen molar-refractivity contribution in [1.82, 2.24) is 20.5 Å². The van der Waals surface area contributed by atoms with Crippen LogP contribution in [-0.2, 0) is 6.54 Å². The summed E-state index contributed by atoms with van der Waals surface area (Å²) >= 11 is 3.53. The minimum Gasteiger partial charge on any atom is -0.357 e. The number of rotatable bonds is 7. The van der Waals surface area contributed by atoms with Gasteiger partial charge in [-0.05, 0) is 64.1 Å². The van der Waals surface area contributed by atoms with Gasteiger partial charge in [0.1, 0.15) is 0 Å². The number of aryl methyl sites for hydroxylation is 1. The summed E-state index contributed by atoms with van der Waals surface area (Å²) in [4.78, 5) is 13.3. The molecule has 2 aromatic rings. The standard InChI is InChI=1S/C20H31N5S2/c1-4-21-20(23-15(2)19-6-5-11-26-19)22-12-17-7-9-25(10-8-17)13-18-14-27-16(3)24-18/h5-6,11,14-15,17H,4,7-10,12-13H2,1-3H3,(H2,21,22,23). The largest absolute Gasteiger partial charge is 0.357 e. The third kappa shape index (κ3) is 6.30. The van der Waals surface area contributed by atoms with Gasteiger partial charge in [-0.2, -0.15) is 0 Å². The van der Waals surface area contributed by atoms with E-state index in [9.17, 15) is 0 Å². The molecule has 2 aromatic heterocycles. The van der Waals surface area contributed by atoms with Crippen LogP contribution in [0, 0.1) is 12.8 Å². The highest BCUT2D eigenvalue weighted by Crippen LogP contribution is 2.21. The fourth-order valence-corrected chi connectivity index (χ4v) is 4.73. The van der Waals surface area contributed by atoms with Crippen LogP contribution in [-0.4, -0.2) is 42.0 Å². The Labute approximate surface area is 170 Å². The quantitative estimate of drug-likeness (QED) is 0.539. The first-order chi connectivity index (χ1) is 13.1. The van der Waals surface area contributed by atoms with E-state index in [2.05, 4.69) is 64.2 Å². The number of thiophene rings is 1. The molecule has 1 aliphatic heterocycles. The number of nitrogens with zero attached hydrogens (tertiary/aromatic N) is 3. The Bertz CT molecular complexity index is 702. The molecule has 7 heteroatoms. The number of nitrogens with one attached hydrogen (secondary N) is 2. The first-order valence-corrected chi connectivity index (χ1v) is 11.6. The molecule has 1 unspecified atom stereocenters. The molecule has 0 amide bonds. The van der Waals surface area contributed by atoms with E-state index < -0.39 is 0 Å². The van der Waals surface area contributed by atoms with Crippen LogP contribution in [0.15, 0.2) is 27.9 Å². The average molecular weight is 406 g/mol. The van der Waals surface area contributed by atoms with E-state index in [1.54, 1.807) is 22.7 Å². The summed E-state index contributed by atoms with van der Waals surface area (Å²) in [6.45, 7) is 11.4. The summed E-state index contributed by atoms with van der Waals surface area (Å²) < 4.78 is 0. The van der Waals surface area contributed by atoms with E-state index in [-0.39, 0.29) is 6.04 Å². The van der Waals surface area contributed by atoms with Crippen molar-refractivity contribution >= 4 is 28.6 Å². The van der Waals surface area contributed by atoms with Crippen LogP contribution >= 0.6 is 22.7 Å². The van der Waals surface area contributed by atoms with E-state index in [0.29, 0.717) is 5.92 Å². The molecule has 1 saturated heterocycles. The van der Waals surface area contributed by atoms with Gasteiger partial charge in [-0.15, -0.1) is 22.7 Å². The SMILES string of the molecule is CCNC(=NCC1CCN(Cc2csc(C)n2)CC1)NC(C)c1cccs1. The van der Waals surface area contributed by atoms with Crippen LogP contribution in [0.3, 0.4) is 0 Å². The lowest BCUT2D eigenvalue weighted by atomic mass is 9.97. The van der Waals surface area contributed by atoms with Gasteiger partial charge in [0.15, 0.2) is 5.96 Å². The summed E-state index contributed by atoms with van der Waals surface area (Å²) in [6.07, 6.45) is 2.43.